The maximum atomic E-state index is 3.78. The summed E-state index contributed by atoms with van der Waals surface area (Å²) in [7, 11) is -0.389. The Balaban J connectivity index is 0.000000341. The second-order valence-electron chi connectivity index (χ2n) is 5.70. The van der Waals surface area contributed by atoms with E-state index in [-0.39, 0.29) is 42.4 Å². The quantitative estimate of drug-likeness (QED) is 0.232. The molecule has 4 rings (SSSR count). The number of hydrogen-bond acceptors (Lipinski definition) is 0. The molecular weight excluding hydrogens is 384 g/mol. The predicted octanol–water partition coefficient (Wildman–Crippen LogP) is 6.41. The Morgan fingerprint density at radius 3 is 1.38 bits per heavy atom. The third kappa shape index (κ3) is 7.55. The van der Waals surface area contributed by atoms with Gasteiger partial charge < -0.3 is 14.0 Å². The number of rotatable bonds is 0. The minimum atomic E-state index is -0.389. The Morgan fingerprint density at radius 1 is 0.708 bits per heavy atom. The molecule has 24 heavy (non-hydrogen) atoms. The van der Waals surface area contributed by atoms with E-state index in [9.17, 15) is 0 Å². The molecule has 0 aromatic heterocycles. The maximum absolute atomic E-state index is 3.78. The Bertz CT molecular complexity index is 666. The number of benzene rings is 2. The molecule has 0 N–H and O–H groups in total. The summed E-state index contributed by atoms with van der Waals surface area (Å²) in [6, 6.07) is 29.3. The van der Waals surface area contributed by atoms with Crippen molar-refractivity contribution >= 4 is 30.3 Å². The van der Waals surface area contributed by atoms with Crippen molar-refractivity contribution in [3.8, 4) is 0 Å². The van der Waals surface area contributed by atoms with E-state index in [2.05, 4.69) is 105 Å². The molecule has 0 aliphatic carbocycles. The first-order valence-electron chi connectivity index (χ1n) is 7.71. The molecule has 0 unspecified atom stereocenters. The van der Waals surface area contributed by atoms with E-state index in [1.54, 1.807) is 0 Å². The zero-order chi connectivity index (χ0) is 15.8. The molecule has 122 valence electrons. The maximum Gasteiger partial charge on any atom is 4.00 e. The number of hydrogen-bond donors (Lipinski definition) is 0. The third-order valence-corrected chi connectivity index (χ3v) is 3.10. The molecule has 0 aliphatic heterocycles. The summed E-state index contributed by atoms with van der Waals surface area (Å²) < 4.78 is 0. The zero-order valence-corrected chi connectivity index (χ0v) is 18.5. The van der Waals surface area contributed by atoms with Crippen LogP contribution in [0.25, 0.3) is 21.5 Å². The molecule has 0 amide bonds. The van der Waals surface area contributed by atoms with Crippen LogP contribution in [0.1, 0.15) is 0 Å². The summed E-state index contributed by atoms with van der Waals surface area (Å²) in [4.78, 5) is 0. The molecule has 0 atom stereocenters. The van der Waals surface area contributed by atoms with Crippen molar-refractivity contribution in [1.82, 2.24) is 0 Å². The normalized spacial score (nSPS) is 9.17. The summed E-state index contributed by atoms with van der Waals surface area (Å²) in [6.45, 7) is 8.17. The average molecular weight is 410 g/mol. The van der Waals surface area contributed by atoms with Crippen molar-refractivity contribution in [3.63, 3.8) is 0 Å². The topological polar surface area (TPSA) is 0 Å². The van der Waals surface area contributed by atoms with Crippen LogP contribution in [-0.2, 0) is 26.2 Å². The first kappa shape index (κ1) is 22.8. The fourth-order valence-electron chi connectivity index (χ4n) is 2.14. The minimum Gasteiger partial charge on any atom is -0.358 e. The average Bonchev–Trinajstić information content (AvgIpc) is 3.16. The van der Waals surface area contributed by atoms with E-state index in [1.807, 2.05) is 0 Å². The van der Waals surface area contributed by atoms with E-state index in [4.69, 9.17) is 0 Å². The minimum absolute atomic E-state index is 0. The van der Waals surface area contributed by atoms with Crippen LogP contribution in [0.15, 0.2) is 84.9 Å². The summed E-state index contributed by atoms with van der Waals surface area (Å²) >= 11 is 0. The van der Waals surface area contributed by atoms with Gasteiger partial charge in [0, 0.05) is 0 Å². The van der Waals surface area contributed by atoms with Crippen LogP contribution in [0.3, 0.4) is 0 Å². The second-order valence-corrected chi connectivity index (χ2v) is 8.49. The Morgan fingerprint density at radius 2 is 1.04 bits per heavy atom. The van der Waals surface area contributed by atoms with Crippen molar-refractivity contribution in [1.29, 1.82) is 0 Å². The van der Waals surface area contributed by atoms with Gasteiger partial charge in [-0.1, -0.05) is 25.2 Å². The largest absolute Gasteiger partial charge is 4.00 e. The first-order valence-corrected chi connectivity index (χ1v) is 10.8. The van der Waals surface area contributed by atoms with Crippen LogP contribution in [0, 0.1) is 14.0 Å². The monoisotopic (exact) mass is 408 g/mol. The van der Waals surface area contributed by atoms with E-state index in [1.165, 1.54) is 21.5 Å². The van der Waals surface area contributed by atoms with Gasteiger partial charge in [0.05, 0.1) is 0 Å². The van der Waals surface area contributed by atoms with Gasteiger partial charge in [0.1, 0.15) is 0 Å². The van der Waals surface area contributed by atoms with Gasteiger partial charge in [0.2, 0.25) is 0 Å². The van der Waals surface area contributed by atoms with Gasteiger partial charge in [-0.25, -0.2) is 0 Å². The molecule has 0 nitrogen and oxygen atoms in total. The summed E-state index contributed by atoms with van der Waals surface area (Å²) in [5, 5.41) is 5.32. The molecule has 4 aromatic carbocycles. The molecular formula is C22H26SiZr. The molecule has 2 heteroatoms. The molecule has 0 bridgehead atoms. The van der Waals surface area contributed by atoms with Gasteiger partial charge >= 0.3 is 26.2 Å². The smallest absolute Gasteiger partial charge is 0.358 e. The molecule has 0 radical (unpaired) electrons. The Labute approximate surface area is 168 Å². The second kappa shape index (κ2) is 12.2. The van der Waals surface area contributed by atoms with E-state index in [0.717, 1.165) is 0 Å². The van der Waals surface area contributed by atoms with Crippen LogP contribution in [-0.4, -0.2) is 8.80 Å². The standard InChI is InChI=1S/2C9H7.C3H9Si.CH3.Zr/c2*1-2-5-9-7-3-6-8(9)4-1;1-4(2)3;;/h2*1-7H;4H,1H2,2-3H3;1H3;/q4*-1;+4. The van der Waals surface area contributed by atoms with Crippen LogP contribution in [0.4, 0.5) is 0 Å². The number of fused-ring (bicyclic) bond motifs is 2. The van der Waals surface area contributed by atoms with E-state index in [0.29, 0.717) is 0 Å². The van der Waals surface area contributed by atoms with Gasteiger partial charge in [0.15, 0.2) is 0 Å². The third-order valence-electron chi connectivity index (χ3n) is 3.10. The van der Waals surface area contributed by atoms with Crippen LogP contribution in [0.2, 0.25) is 13.1 Å². The van der Waals surface area contributed by atoms with Crippen LogP contribution >= 0.6 is 0 Å². The fraction of sp³-hybridized carbons (Fsp3) is 0.0909. The van der Waals surface area contributed by atoms with Gasteiger partial charge in [0.25, 0.3) is 0 Å². The van der Waals surface area contributed by atoms with Crippen molar-refractivity contribution in [3.05, 3.63) is 98.9 Å². The van der Waals surface area contributed by atoms with Crippen molar-refractivity contribution in [2.45, 2.75) is 13.1 Å². The van der Waals surface area contributed by atoms with Crippen LogP contribution in [0.5, 0.6) is 0 Å². The van der Waals surface area contributed by atoms with Crippen molar-refractivity contribution < 1.29 is 26.2 Å². The zero-order valence-electron chi connectivity index (χ0n) is 14.9. The van der Waals surface area contributed by atoms with Gasteiger partial charge in [-0.3, -0.25) is 0 Å². The molecule has 0 fully saturated rings. The van der Waals surface area contributed by atoms with Crippen LogP contribution < -0.4 is 0 Å². The predicted molar refractivity (Wildman–Crippen MR) is 110 cm³/mol. The summed E-state index contributed by atoms with van der Waals surface area (Å²) in [6.07, 6.45) is 0. The molecule has 0 aliphatic rings. The first-order chi connectivity index (χ1) is 10.7. The summed E-state index contributed by atoms with van der Waals surface area (Å²) in [5.74, 6) is 0. The van der Waals surface area contributed by atoms with Crippen molar-refractivity contribution in [2.24, 2.45) is 0 Å². The Hall–Kier alpha value is -1.24. The molecule has 0 heterocycles. The SMILES string of the molecule is [CH2-][SiH](C)C.[CH3-].[Zr+4].c1ccc2[cH-]ccc2c1.c1ccc2[cH-]ccc2c1. The van der Waals surface area contributed by atoms with E-state index >= 15 is 0 Å². The van der Waals surface area contributed by atoms with E-state index < -0.39 is 0 Å². The molecule has 4 aromatic rings. The molecule has 0 saturated carbocycles. The Kier molecular flexibility index (Phi) is 11.5. The fourth-order valence-corrected chi connectivity index (χ4v) is 2.14. The van der Waals surface area contributed by atoms with Crippen molar-refractivity contribution in [2.75, 3.05) is 0 Å². The van der Waals surface area contributed by atoms with Gasteiger partial charge in [-0.2, -0.15) is 35.0 Å². The van der Waals surface area contributed by atoms with Gasteiger partial charge in [-0.05, 0) is 0 Å². The molecule has 0 saturated heterocycles. The summed E-state index contributed by atoms with van der Waals surface area (Å²) in [5.41, 5.74) is 0. The van der Waals surface area contributed by atoms with Gasteiger partial charge in [-0.15, -0.1) is 68.1 Å². The molecule has 0 spiro atoms.